The molecule has 0 aliphatic heterocycles. The van der Waals surface area contributed by atoms with Crippen LogP contribution in [0, 0.1) is 0 Å². The molecular formula is C14H12O3. The highest BCUT2D eigenvalue weighted by atomic mass is 16.7. The van der Waals surface area contributed by atoms with Gasteiger partial charge in [0.1, 0.15) is 5.75 Å². The third-order valence-electron chi connectivity index (χ3n) is 2.35. The molecule has 1 aromatic rings. The van der Waals surface area contributed by atoms with E-state index in [-0.39, 0.29) is 0 Å². The van der Waals surface area contributed by atoms with E-state index >= 15 is 0 Å². The minimum absolute atomic E-state index is 0.332. The van der Waals surface area contributed by atoms with Gasteiger partial charge in [-0.2, -0.15) is 0 Å². The number of allylic oxidation sites excluding steroid dienone is 5. The molecule has 17 heavy (non-hydrogen) atoms. The molecule has 0 spiro atoms. The van der Waals surface area contributed by atoms with Crippen LogP contribution >= 0.6 is 0 Å². The molecular weight excluding hydrogens is 216 g/mol. The fourth-order valence-corrected chi connectivity index (χ4v) is 1.58. The molecule has 0 fully saturated rings. The van der Waals surface area contributed by atoms with Crippen LogP contribution in [0.4, 0.5) is 4.79 Å². The first kappa shape index (κ1) is 11.2. The van der Waals surface area contributed by atoms with E-state index in [1.807, 2.05) is 24.3 Å². The van der Waals surface area contributed by atoms with Crippen molar-refractivity contribution >= 4 is 12.2 Å². The molecule has 2 rings (SSSR count). The molecule has 0 unspecified atom stereocenters. The zero-order valence-electron chi connectivity index (χ0n) is 9.17. The third-order valence-corrected chi connectivity index (χ3v) is 2.35. The van der Waals surface area contributed by atoms with Gasteiger partial charge in [-0.15, -0.1) is 0 Å². The van der Waals surface area contributed by atoms with E-state index < -0.39 is 6.16 Å². The molecule has 1 N–H and O–H groups in total. The van der Waals surface area contributed by atoms with Gasteiger partial charge in [-0.25, -0.2) is 4.79 Å². The highest BCUT2D eigenvalue weighted by molar-refractivity contribution is 5.62. The van der Waals surface area contributed by atoms with Crippen molar-refractivity contribution in [2.24, 2.45) is 0 Å². The molecule has 86 valence electrons. The average Bonchev–Trinajstić information content (AvgIpc) is 2.32. The zero-order chi connectivity index (χ0) is 12.1. The molecule has 1 aromatic carbocycles. The Balaban J connectivity index is 2.10. The van der Waals surface area contributed by atoms with Crippen LogP contribution in [0.25, 0.3) is 6.08 Å². The van der Waals surface area contributed by atoms with Crippen molar-refractivity contribution in [1.82, 2.24) is 0 Å². The summed E-state index contributed by atoms with van der Waals surface area (Å²) in [5.41, 5.74) is 2.25. The van der Waals surface area contributed by atoms with Gasteiger partial charge in [0.25, 0.3) is 0 Å². The van der Waals surface area contributed by atoms with Crippen molar-refractivity contribution in [3.63, 3.8) is 0 Å². The molecule has 0 aromatic heterocycles. The second-order valence-electron chi connectivity index (χ2n) is 3.65. The van der Waals surface area contributed by atoms with Crippen LogP contribution < -0.4 is 4.74 Å². The van der Waals surface area contributed by atoms with Crippen molar-refractivity contribution in [1.29, 1.82) is 0 Å². The summed E-state index contributed by atoms with van der Waals surface area (Å²) in [5.74, 6) is 0.332. The number of rotatable bonds is 2. The van der Waals surface area contributed by atoms with E-state index in [1.165, 1.54) is 5.57 Å². The zero-order valence-corrected chi connectivity index (χ0v) is 9.17. The topological polar surface area (TPSA) is 46.5 Å². The second kappa shape index (κ2) is 5.16. The highest BCUT2D eigenvalue weighted by Gasteiger charge is 2.00. The molecule has 3 heteroatoms. The Morgan fingerprint density at radius 1 is 1.24 bits per heavy atom. The summed E-state index contributed by atoms with van der Waals surface area (Å²) in [6.07, 6.45) is 9.85. The lowest BCUT2D eigenvalue weighted by molar-refractivity contribution is 0.144. The molecule has 0 saturated carbocycles. The van der Waals surface area contributed by atoms with E-state index in [9.17, 15) is 4.79 Å². The first-order valence-corrected chi connectivity index (χ1v) is 5.29. The fourth-order valence-electron chi connectivity index (χ4n) is 1.58. The van der Waals surface area contributed by atoms with Gasteiger partial charge in [0, 0.05) is 0 Å². The van der Waals surface area contributed by atoms with Crippen LogP contribution in [-0.4, -0.2) is 11.3 Å². The molecule has 3 nitrogen and oxygen atoms in total. The van der Waals surface area contributed by atoms with Gasteiger partial charge in [-0.3, -0.25) is 0 Å². The minimum Gasteiger partial charge on any atom is -0.449 e. The van der Waals surface area contributed by atoms with Gasteiger partial charge in [0.15, 0.2) is 0 Å². The van der Waals surface area contributed by atoms with E-state index in [1.54, 1.807) is 12.1 Å². The quantitative estimate of drug-likeness (QED) is 0.620. The largest absolute Gasteiger partial charge is 0.511 e. The molecule has 0 radical (unpaired) electrons. The summed E-state index contributed by atoms with van der Waals surface area (Å²) >= 11 is 0. The van der Waals surface area contributed by atoms with Gasteiger partial charge in [0.2, 0.25) is 0 Å². The number of benzene rings is 1. The maximum atomic E-state index is 10.3. The van der Waals surface area contributed by atoms with Crippen molar-refractivity contribution in [3.8, 4) is 5.75 Å². The number of hydrogen-bond donors (Lipinski definition) is 1. The molecule has 0 amide bonds. The Bertz CT molecular complexity index is 493. The lowest BCUT2D eigenvalue weighted by Crippen LogP contribution is -2.02. The first-order valence-electron chi connectivity index (χ1n) is 5.29. The lowest BCUT2D eigenvalue weighted by atomic mass is 10.0. The maximum Gasteiger partial charge on any atom is 0.511 e. The van der Waals surface area contributed by atoms with Crippen molar-refractivity contribution < 1.29 is 14.6 Å². The number of hydrogen-bond acceptors (Lipinski definition) is 2. The molecule has 0 bridgehead atoms. The van der Waals surface area contributed by atoms with E-state index in [4.69, 9.17) is 5.11 Å². The van der Waals surface area contributed by atoms with Crippen molar-refractivity contribution in [2.45, 2.75) is 6.42 Å². The molecule has 1 aliphatic carbocycles. The third kappa shape index (κ3) is 3.34. The van der Waals surface area contributed by atoms with E-state index in [0.29, 0.717) is 5.75 Å². The maximum absolute atomic E-state index is 10.3. The summed E-state index contributed by atoms with van der Waals surface area (Å²) in [4.78, 5) is 10.3. The molecule has 0 heterocycles. The predicted octanol–water partition coefficient (Wildman–Crippen LogP) is 3.64. The Hall–Kier alpha value is -2.29. The number of ether oxygens (including phenoxy) is 1. The summed E-state index contributed by atoms with van der Waals surface area (Å²) < 4.78 is 4.53. The normalized spacial score (nSPS) is 16.1. The Morgan fingerprint density at radius 3 is 2.59 bits per heavy atom. The predicted molar refractivity (Wildman–Crippen MR) is 66.0 cm³/mol. The summed E-state index contributed by atoms with van der Waals surface area (Å²) in [6, 6.07) is 6.95. The van der Waals surface area contributed by atoms with Crippen LogP contribution in [0.1, 0.15) is 12.0 Å². The van der Waals surface area contributed by atoms with Crippen molar-refractivity contribution in [3.05, 3.63) is 59.7 Å². The van der Waals surface area contributed by atoms with Gasteiger partial charge >= 0.3 is 6.16 Å². The fraction of sp³-hybridized carbons (Fsp3) is 0.0714. The number of carbonyl (C=O) groups is 1. The Labute approximate surface area is 99.3 Å². The van der Waals surface area contributed by atoms with Crippen molar-refractivity contribution in [2.75, 3.05) is 0 Å². The second-order valence-corrected chi connectivity index (χ2v) is 3.65. The average molecular weight is 228 g/mol. The Kier molecular flexibility index (Phi) is 3.40. The Morgan fingerprint density at radius 2 is 2.00 bits per heavy atom. The van der Waals surface area contributed by atoms with Gasteiger partial charge in [-0.05, 0) is 29.7 Å². The monoisotopic (exact) mass is 228 g/mol. The van der Waals surface area contributed by atoms with Crippen LogP contribution in [0.5, 0.6) is 5.75 Å². The van der Waals surface area contributed by atoms with Gasteiger partial charge in [0.05, 0.1) is 0 Å². The standard InChI is InChI=1S/C14H12O3/c15-14(16)17-13-8-6-12(7-9-13)10-11-4-2-1-3-5-11/h1-4,6-10H,5H2,(H,15,16). The molecule has 0 atom stereocenters. The van der Waals surface area contributed by atoms with E-state index in [0.717, 1.165) is 12.0 Å². The highest BCUT2D eigenvalue weighted by Crippen LogP contribution is 2.18. The van der Waals surface area contributed by atoms with Gasteiger partial charge in [-0.1, -0.05) is 42.5 Å². The minimum atomic E-state index is -1.29. The van der Waals surface area contributed by atoms with Gasteiger partial charge < -0.3 is 9.84 Å². The summed E-state index contributed by atoms with van der Waals surface area (Å²) in [5, 5.41) is 8.45. The van der Waals surface area contributed by atoms with Crippen LogP contribution in [0.15, 0.2) is 54.1 Å². The first-order chi connectivity index (χ1) is 8.24. The smallest absolute Gasteiger partial charge is 0.449 e. The summed E-state index contributed by atoms with van der Waals surface area (Å²) in [7, 11) is 0. The number of carboxylic acid groups (broad SMARTS) is 1. The SMILES string of the molecule is O=C(O)Oc1ccc(C=C2C=CC=CC2)cc1. The van der Waals surface area contributed by atoms with Crippen LogP contribution in [0.3, 0.4) is 0 Å². The molecule has 1 aliphatic rings. The molecule has 0 saturated heterocycles. The van der Waals surface area contributed by atoms with Crippen LogP contribution in [0.2, 0.25) is 0 Å². The lowest BCUT2D eigenvalue weighted by Gasteiger charge is -2.03. The summed E-state index contributed by atoms with van der Waals surface area (Å²) in [6.45, 7) is 0. The van der Waals surface area contributed by atoms with E-state index in [2.05, 4.69) is 23.0 Å². The van der Waals surface area contributed by atoms with Crippen LogP contribution in [-0.2, 0) is 0 Å².